The molecule has 0 bridgehead atoms. The Morgan fingerprint density at radius 3 is 2.16 bits per heavy atom. The second kappa shape index (κ2) is 15.8. The first-order valence-electron chi connectivity index (χ1n) is 12.0. The maximum Gasteiger partial charge on any atom is 0.416 e. The summed E-state index contributed by atoms with van der Waals surface area (Å²) >= 11 is 0. The number of phenols is 1. The number of carbonyl (C=O) groups is 1. The number of hydrogen-bond donors (Lipinski definition) is 2. The number of allylic oxidation sites excluding steroid dienone is 2. The molecule has 3 aromatic carbocycles. The second-order valence-corrected chi connectivity index (χ2v) is 8.82. The molecule has 0 aliphatic carbocycles. The Morgan fingerprint density at radius 2 is 1.63 bits per heavy atom. The average molecular weight is 550 g/mol. The summed E-state index contributed by atoms with van der Waals surface area (Å²) in [5.41, 5.74) is 2.96. The van der Waals surface area contributed by atoms with Gasteiger partial charge in [-0.3, -0.25) is 4.79 Å². The van der Waals surface area contributed by atoms with Crippen LogP contribution in [0.4, 0.5) is 13.2 Å². The molecule has 8 heteroatoms. The summed E-state index contributed by atoms with van der Waals surface area (Å²) in [6, 6.07) is 19.4. The van der Waals surface area contributed by atoms with E-state index in [-0.39, 0.29) is 30.0 Å². The molecule has 0 amide bonds. The lowest BCUT2D eigenvalue weighted by atomic mass is 10.0. The molecule has 0 radical (unpaired) electrons. The smallest absolute Gasteiger partial charge is 0.416 e. The number of alkyl halides is 3. The van der Waals surface area contributed by atoms with E-state index in [4.69, 9.17) is 4.74 Å². The highest BCUT2D eigenvalue weighted by Gasteiger charge is 2.30. The fourth-order valence-corrected chi connectivity index (χ4v) is 3.41. The van der Waals surface area contributed by atoms with Gasteiger partial charge in [0.05, 0.1) is 5.56 Å². The van der Waals surface area contributed by atoms with E-state index < -0.39 is 11.7 Å². The zero-order chi connectivity index (χ0) is 27.4. The van der Waals surface area contributed by atoms with Crippen molar-refractivity contribution in [2.45, 2.75) is 45.9 Å². The summed E-state index contributed by atoms with van der Waals surface area (Å²) in [5, 5.41) is 12.6. The van der Waals surface area contributed by atoms with Gasteiger partial charge in [0.15, 0.2) is 5.78 Å². The van der Waals surface area contributed by atoms with Crippen LogP contribution in [0.5, 0.6) is 11.5 Å². The lowest BCUT2D eigenvalue weighted by Crippen LogP contribution is -2.16. The lowest BCUT2D eigenvalue weighted by molar-refractivity contribution is -0.137. The van der Waals surface area contributed by atoms with Crippen LogP contribution in [0.3, 0.4) is 0 Å². The fraction of sp³-hybridized carbons (Fsp3) is 0.300. The number of rotatable bonds is 9. The van der Waals surface area contributed by atoms with E-state index in [1.165, 1.54) is 24.6 Å². The summed E-state index contributed by atoms with van der Waals surface area (Å²) in [7, 11) is 1.85. The highest BCUT2D eigenvalue weighted by Crippen LogP contribution is 2.32. The van der Waals surface area contributed by atoms with Gasteiger partial charge in [-0.25, -0.2) is 0 Å². The molecular formula is C30H35ClF3NO3. The minimum absolute atomic E-state index is 0. The Morgan fingerprint density at radius 1 is 1.00 bits per heavy atom. The molecule has 0 heterocycles. The maximum atomic E-state index is 12.6. The minimum atomic E-state index is -4.33. The third kappa shape index (κ3) is 11.0. The van der Waals surface area contributed by atoms with Crippen molar-refractivity contribution in [2.24, 2.45) is 0 Å². The first-order valence-corrected chi connectivity index (χ1v) is 12.0. The fourth-order valence-electron chi connectivity index (χ4n) is 3.41. The first kappa shape index (κ1) is 32.7. The molecule has 2 N–H and O–H groups in total. The monoisotopic (exact) mass is 549 g/mol. The summed E-state index contributed by atoms with van der Waals surface area (Å²) in [5.74, 6) is 0.698. The van der Waals surface area contributed by atoms with E-state index in [1.54, 1.807) is 18.2 Å². The van der Waals surface area contributed by atoms with E-state index in [1.807, 2.05) is 57.3 Å². The molecule has 1 atom stereocenters. The summed E-state index contributed by atoms with van der Waals surface area (Å²) in [4.78, 5) is 11.1. The van der Waals surface area contributed by atoms with Crippen molar-refractivity contribution in [3.05, 3.63) is 107 Å². The van der Waals surface area contributed by atoms with Crippen molar-refractivity contribution in [1.82, 2.24) is 5.32 Å². The van der Waals surface area contributed by atoms with E-state index in [9.17, 15) is 23.1 Å². The maximum absolute atomic E-state index is 12.6. The van der Waals surface area contributed by atoms with E-state index >= 15 is 0 Å². The SMILES string of the molecule is CC(=O)c1ccc(O)c(CC=C(C)C)c1.CNCCC(Oc1ccc(C(F)(F)F)cc1)c1ccccc1.Cl. The molecule has 3 rings (SSSR count). The van der Waals surface area contributed by atoms with Crippen molar-refractivity contribution in [1.29, 1.82) is 0 Å². The van der Waals surface area contributed by atoms with Gasteiger partial charge in [0.25, 0.3) is 0 Å². The summed E-state index contributed by atoms with van der Waals surface area (Å²) < 4.78 is 43.6. The number of aromatic hydroxyl groups is 1. The molecule has 0 aliphatic heterocycles. The molecule has 38 heavy (non-hydrogen) atoms. The number of ketones is 1. The number of nitrogens with one attached hydrogen (secondary N) is 1. The van der Waals surface area contributed by atoms with Crippen LogP contribution in [-0.2, 0) is 12.6 Å². The van der Waals surface area contributed by atoms with Gasteiger partial charge in [0, 0.05) is 12.0 Å². The normalized spacial score (nSPS) is 11.3. The highest BCUT2D eigenvalue weighted by molar-refractivity contribution is 5.94. The van der Waals surface area contributed by atoms with Crippen LogP contribution in [0.25, 0.3) is 0 Å². The van der Waals surface area contributed by atoms with Crippen molar-refractivity contribution in [2.75, 3.05) is 13.6 Å². The Bertz CT molecular complexity index is 1160. The predicted molar refractivity (Wildman–Crippen MR) is 148 cm³/mol. The minimum Gasteiger partial charge on any atom is -0.508 e. The Labute approximate surface area is 229 Å². The van der Waals surface area contributed by atoms with Gasteiger partial charge in [-0.05, 0) is 94.4 Å². The molecule has 1 unspecified atom stereocenters. The largest absolute Gasteiger partial charge is 0.508 e. The Hall–Kier alpha value is -3.29. The van der Waals surface area contributed by atoms with Crippen molar-refractivity contribution >= 4 is 18.2 Å². The van der Waals surface area contributed by atoms with Crippen molar-refractivity contribution in [3.63, 3.8) is 0 Å². The number of ether oxygens (including phenoxy) is 1. The number of benzene rings is 3. The first-order chi connectivity index (χ1) is 17.5. The summed E-state index contributed by atoms with van der Waals surface area (Å²) in [6.07, 6.45) is -1.12. The number of carbonyl (C=O) groups excluding carboxylic acids is 1. The van der Waals surface area contributed by atoms with Gasteiger partial charge in [0.1, 0.15) is 17.6 Å². The number of Topliss-reactive ketones (excluding diaryl/α,β-unsaturated/α-hetero) is 1. The van der Waals surface area contributed by atoms with Crippen LogP contribution in [0.15, 0.2) is 84.4 Å². The predicted octanol–water partition coefficient (Wildman–Crippen LogP) is 7.96. The Kier molecular flexibility index (Phi) is 13.7. The molecule has 0 saturated carbocycles. The van der Waals surface area contributed by atoms with Crippen LogP contribution in [0.1, 0.15) is 60.3 Å². The zero-order valence-electron chi connectivity index (χ0n) is 22.0. The van der Waals surface area contributed by atoms with Crippen LogP contribution in [0.2, 0.25) is 0 Å². The van der Waals surface area contributed by atoms with Gasteiger partial charge >= 0.3 is 6.18 Å². The number of phenolic OH excluding ortho intramolecular Hbond substituents is 1. The van der Waals surface area contributed by atoms with Crippen LogP contribution < -0.4 is 10.1 Å². The van der Waals surface area contributed by atoms with Crippen molar-refractivity contribution in [3.8, 4) is 11.5 Å². The molecule has 0 saturated heterocycles. The van der Waals surface area contributed by atoms with Gasteiger partial charge in [-0.15, -0.1) is 12.4 Å². The molecular weight excluding hydrogens is 515 g/mol. The van der Waals surface area contributed by atoms with E-state index in [0.717, 1.165) is 36.2 Å². The molecule has 0 spiro atoms. The molecule has 0 aromatic heterocycles. The van der Waals surface area contributed by atoms with Gasteiger partial charge in [-0.2, -0.15) is 13.2 Å². The molecule has 3 aromatic rings. The van der Waals surface area contributed by atoms with Gasteiger partial charge in [-0.1, -0.05) is 42.0 Å². The second-order valence-electron chi connectivity index (χ2n) is 8.82. The molecule has 0 aliphatic rings. The third-order valence-corrected chi connectivity index (χ3v) is 5.50. The third-order valence-electron chi connectivity index (χ3n) is 5.50. The van der Waals surface area contributed by atoms with E-state index in [2.05, 4.69) is 5.32 Å². The van der Waals surface area contributed by atoms with E-state index in [0.29, 0.717) is 17.7 Å². The van der Waals surface area contributed by atoms with Crippen LogP contribution >= 0.6 is 12.4 Å². The quantitative estimate of drug-likeness (QED) is 0.210. The highest BCUT2D eigenvalue weighted by atomic mass is 35.5. The number of hydrogen-bond acceptors (Lipinski definition) is 4. The number of halogens is 4. The summed E-state index contributed by atoms with van der Waals surface area (Å²) in [6.45, 7) is 6.29. The van der Waals surface area contributed by atoms with Crippen LogP contribution in [-0.4, -0.2) is 24.5 Å². The topological polar surface area (TPSA) is 58.6 Å². The zero-order valence-corrected chi connectivity index (χ0v) is 22.8. The van der Waals surface area contributed by atoms with Crippen LogP contribution in [0, 0.1) is 0 Å². The molecule has 206 valence electrons. The lowest BCUT2D eigenvalue weighted by Gasteiger charge is -2.20. The Balaban J connectivity index is 0.000000397. The van der Waals surface area contributed by atoms with Gasteiger partial charge < -0.3 is 15.2 Å². The average Bonchev–Trinajstić information content (AvgIpc) is 2.86. The molecule has 4 nitrogen and oxygen atoms in total. The van der Waals surface area contributed by atoms with Crippen molar-refractivity contribution < 1.29 is 27.8 Å². The van der Waals surface area contributed by atoms with Gasteiger partial charge in [0.2, 0.25) is 0 Å². The standard InChI is InChI=1S/C17H18F3NO.C13H16O2.ClH/c1-21-12-11-16(13-5-3-2-4-6-13)22-15-9-7-14(8-10-15)17(18,19)20;1-9(2)4-5-12-8-11(10(3)14)6-7-13(12)15;/h2-10,16,21H,11-12H2,1H3;4,6-8,15H,5H2,1-3H3;1H. The molecule has 0 fully saturated rings.